The van der Waals surface area contributed by atoms with Gasteiger partial charge in [-0.3, -0.25) is 9.59 Å². The third-order valence-electron chi connectivity index (χ3n) is 4.56. The molecule has 0 aliphatic heterocycles. The second-order valence-corrected chi connectivity index (χ2v) is 6.22. The summed E-state index contributed by atoms with van der Waals surface area (Å²) < 4.78 is 0. The quantitative estimate of drug-likeness (QED) is 0.802. The first-order valence-electron chi connectivity index (χ1n) is 8.37. The van der Waals surface area contributed by atoms with E-state index < -0.39 is 5.41 Å². The molecule has 2 N–H and O–H groups in total. The molecule has 0 unspecified atom stereocenters. The van der Waals surface area contributed by atoms with Crippen molar-refractivity contribution < 1.29 is 9.59 Å². The van der Waals surface area contributed by atoms with Crippen molar-refractivity contribution in [3.63, 3.8) is 0 Å². The van der Waals surface area contributed by atoms with Crippen molar-refractivity contribution >= 4 is 17.5 Å². The van der Waals surface area contributed by atoms with Gasteiger partial charge in [0.05, 0.1) is 0 Å². The van der Waals surface area contributed by atoms with E-state index in [9.17, 15) is 9.59 Å². The van der Waals surface area contributed by atoms with E-state index in [-0.39, 0.29) is 11.8 Å². The minimum absolute atomic E-state index is 0.183. The molecule has 1 aliphatic carbocycles. The van der Waals surface area contributed by atoms with Gasteiger partial charge in [0.1, 0.15) is 5.41 Å². The molecular formula is C20H22N2O2. The number of anilines is 1. The predicted octanol–water partition coefficient (Wildman–Crippen LogP) is 3.28. The van der Waals surface area contributed by atoms with Crippen LogP contribution in [0.5, 0.6) is 0 Å². The first kappa shape index (κ1) is 16.2. The highest BCUT2D eigenvalue weighted by molar-refractivity contribution is 6.13. The lowest BCUT2D eigenvalue weighted by molar-refractivity contribution is -0.134. The van der Waals surface area contributed by atoms with Gasteiger partial charge in [0.15, 0.2) is 0 Å². The number of carbonyl (C=O) groups excluding carboxylic acids is 2. The van der Waals surface area contributed by atoms with Gasteiger partial charge in [-0.05, 0) is 36.5 Å². The van der Waals surface area contributed by atoms with E-state index in [4.69, 9.17) is 0 Å². The average Bonchev–Trinajstić information content (AvgIpc) is 3.43. The Hall–Kier alpha value is -2.62. The molecule has 24 heavy (non-hydrogen) atoms. The molecular weight excluding hydrogens is 300 g/mol. The van der Waals surface area contributed by atoms with Crippen LogP contribution in [0.25, 0.3) is 0 Å². The summed E-state index contributed by atoms with van der Waals surface area (Å²) in [5.41, 5.74) is 1.99. The normalized spacial score (nSPS) is 14.7. The van der Waals surface area contributed by atoms with E-state index >= 15 is 0 Å². The number of rotatable bonds is 6. The van der Waals surface area contributed by atoms with E-state index in [1.165, 1.54) is 0 Å². The molecule has 4 heteroatoms. The molecule has 4 nitrogen and oxygen atoms in total. The van der Waals surface area contributed by atoms with Crippen LogP contribution >= 0.6 is 0 Å². The summed E-state index contributed by atoms with van der Waals surface area (Å²) in [6, 6.07) is 17.4. The molecule has 1 fully saturated rings. The smallest absolute Gasteiger partial charge is 0.240 e. The molecule has 0 spiro atoms. The molecule has 0 heterocycles. The van der Waals surface area contributed by atoms with Gasteiger partial charge in [-0.25, -0.2) is 0 Å². The Morgan fingerprint density at radius 1 is 0.958 bits per heavy atom. The van der Waals surface area contributed by atoms with Gasteiger partial charge in [-0.1, -0.05) is 55.5 Å². The minimum Gasteiger partial charge on any atom is -0.351 e. The fourth-order valence-corrected chi connectivity index (χ4v) is 2.82. The molecule has 2 aromatic rings. The van der Waals surface area contributed by atoms with Crippen LogP contribution in [-0.2, 0) is 22.6 Å². The molecule has 3 rings (SSSR count). The van der Waals surface area contributed by atoms with Gasteiger partial charge >= 0.3 is 0 Å². The van der Waals surface area contributed by atoms with Crippen LogP contribution in [0.3, 0.4) is 0 Å². The maximum atomic E-state index is 12.6. The Morgan fingerprint density at radius 3 is 2.29 bits per heavy atom. The van der Waals surface area contributed by atoms with Crippen molar-refractivity contribution in [3.8, 4) is 0 Å². The zero-order valence-corrected chi connectivity index (χ0v) is 13.8. The molecule has 0 bridgehead atoms. The van der Waals surface area contributed by atoms with Crippen molar-refractivity contribution in [2.75, 3.05) is 5.32 Å². The maximum absolute atomic E-state index is 12.6. The lowest BCUT2D eigenvalue weighted by Gasteiger charge is -2.17. The van der Waals surface area contributed by atoms with Gasteiger partial charge in [0, 0.05) is 12.2 Å². The van der Waals surface area contributed by atoms with Crippen molar-refractivity contribution in [2.45, 2.75) is 32.7 Å². The number of amides is 2. The SMILES string of the molecule is CCc1ccccc1NC(=O)C1(C(=O)NCc2ccccc2)CC1. The molecule has 2 amide bonds. The minimum atomic E-state index is -0.907. The zero-order valence-electron chi connectivity index (χ0n) is 13.8. The Labute approximate surface area is 142 Å². The largest absolute Gasteiger partial charge is 0.351 e. The number of hydrogen-bond acceptors (Lipinski definition) is 2. The summed E-state index contributed by atoms with van der Waals surface area (Å²) in [6.07, 6.45) is 2.05. The van der Waals surface area contributed by atoms with Gasteiger partial charge in [-0.2, -0.15) is 0 Å². The lowest BCUT2D eigenvalue weighted by atomic mass is 10.0. The van der Waals surface area contributed by atoms with Crippen LogP contribution in [0.4, 0.5) is 5.69 Å². The van der Waals surface area contributed by atoms with Gasteiger partial charge in [-0.15, -0.1) is 0 Å². The topological polar surface area (TPSA) is 58.2 Å². The fourth-order valence-electron chi connectivity index (χ4n) is 2.82. The summed E-state index contributed by atoms with van der Waals surface area (Å²) in [6.45, 7) is 2.49. The van der Waals surface area contributed by atoms with Crippen LogP contribution in [-0.4, -0.2) is 11.8 Å². The van der Waals surface area contributed by atoms with Crippen LogP contribution in [0.2, 0.25) is 0 Å². The fraction of sp³-hybridized carbons (Fsp3) is 0.300. The lowest BCUT2D eigenvalue weighted by Crippen LogP contribution is -2.39. The molecule has 0 radical (unpaired) electrons. The highest BCUT2D eigenvalue weighted by Gasteiger charge is 2.56. The van der Waals surface area contributed by atoms with Gasteiger partial charge in [0.25, 0.3) is 0 Å². The number of carbonyl (C=O) groups is 2. The van der Waals surface area contributed by atoms with Gasteiger partial charge < -0.3 is 10.6 Å². The Bertz CT molecular complexity index is 736. The third-order valence-corrected chi connectivity index (χ3v) is 4.56. The van der Waals surface area contributed by atoms with E-state index in [1.54, 1.807) is 0 Å². The first-order valence-corrected chi connectivity index (χ1v) is 8.37. The summed E-state index contributed by atoms with van der Waals surface area (Å²) in [5, 5.41) is 5.84. The van der Waals surface area contributed by atoms with E-state index in [0.29, 0.717) is 19.4 Å². The highest BCUT2D eigenvalue weighted by Crippen LogP contribution is 2.47. The van der Waals surface area contributed by atoms with Gasteiger partial charge in [0.2, 0.25) is 11.8 Å². The van der Waals surface area contributed by atoms with Crippen molar-refractivity contribution in [1.82, 2.24) is 5.32 Å². The predicted molar refractivity (Wildman–Crippen MR) is 94.4 cm³/mol. The van der Waals surface area contributed by atoms with Crippen LogP contribution in [0, 0.1) is 5.41 Å². The summed E-state index contributed by atoms with van der Waals surface area (Å²) >= 11 is 0. The number of aryl methyl sites for hydroxylation is 1. The van der Waals surface area contributed by atoms with E-state index in [2.05, 4.69) is 10.6 Å². The average molecular weight is 322 g/mol. The second kappa shape index (κ2) is 6.87. The maximum Gasteiger partial charge on any atom is 0.240 e. The molecule has 0 atom stereocenters. The third kappa shape index (κ3) is 3.32. The first-order chi connectivity index (χ1) is 11.7. The van der Waals surface area contributed by atoms with E-state index in [1.807, 2.05) is 61.5 Å². The molecule has 2 aromatic carbocycles. The Morgan fingerprint density at radius 2 is 1.62 bits per heavy atom. The summed E-state index contributed by atoms with van der Waals surface area (Å²) in [5.74, 6) is -0.383. The Balaban J connectivity index is 1.64. The molecule has 124 valence electrons. The monoisotopic (exact) mass is 322 g/mol. The molecule has 1 saturated carbocycles. The summed E-state index contributed by atoms with van der Waals surface area (Å²) in [7, 11) is 0. The molecule has 1 aliphatic rings. The number of benzene rings is 2. The Kier molecular flexibility index (Phi) is 4.65. The van der Waals surface area contributed by atoms with Crippen molar-refractivity contribution in [2.24, 2.45) is 5.41 Å². The second-order valence-electron chi connectivity index (χ2n) is 6.22. The van der Waals surface area contributed by atoms with E-state index in [0.717, 1.165) is 23.2 Å². The molecule has 0 aromatic heterocycles. The van der Waals surface area contributed by atoms with Crippen LogP contribution in [0.1, 0.15) is 30.9 Å². The van der Waals surface area contributed by atoms with Crippen molar-refractivity contribution in [3.05, 3.63) is 65.7 Å². The van der Waals surface area contributed by atoms with Crippen LogP contribution < -0.4 is 10.6 Å². The number of nitrogens with one attached hydrogen (secondary N) is 2. The summed E-state index contributed by atoms with van der Waals surface area (Å²) in [4.78, 5) is 25.2. The standard InChI is InChI=1S/C20H22N2O2/c1-2-16-10-6-7-11-17(16)22-19(24)20(12-13-20)18(23)21-14-15-8-4-3-5-9-15/h3-11H,2,12-14H2,1H3,(H,21,23)(H,22,24). The van der Waals surface area contributed by atoms with Crippen LogP contribution in [0.15, 0.2) is 54.6 Å². The number of para-hydroxylation sites is 1. The van der Waals surface area contributed by atoms with Crippen molar-refractivity contribution in [1.29, 1.82) is 0 Å². The molecule has 0 saturated heterocycles. The zero-order chi connectivity index (χ0) is 17.0. The number of hydrogen-bond donors (Lipinski definition) is 2. The highest BCUT2D eigenvalue weighted by atomic mass is 16.2.